The second kappa shape index (κ2) is 10.7. The van der Waals surface area contributed by atoms with E-state index in [0.717, 1.165) is 30.5 Å². The number of hydrogen-bond acceptors (Lipinski definition) is 9. The molecule has 2 N–H and O–H groups in total. The van der Waals surface area contributed by atoms with Gasteiger partial charge in [-0.1, -0.05) is 16.4 Å². The normalized spacial score (nSPS) is 15.7. The van der Waals surface area contributed by atoms with Crippen LogP contribution in [0.15, 0.2) is 35.1 Å². The summed E-state index contributed by atoms with van der Waals surface area (Å²) in [7, 11) is 1.59. The van der Waals surface area contributed by atoms with Crippen LogP contribution in [0.5, 0.6) is 0 Å². The van der Waals surface area contributed by atoms with Crippen LogP contribution in [0.2, 0.25) is 0 Å². The van der Waals surface area contributed by atoms with Crippen LogP contribution in [0.25, 0.3) is 16.6 Å². The number of rotatable bonds is 8. The maximum Gasteiger partial charge on any atom is 0.278 e. The van der Waals surface area contributed by atoms with Crippen LogP contribution < -0.4 is 10.6 Å². The van der Waals surface area contributed by atoms with E-state index in [1.807, 2.05) is 13.0 Å². The first kappa shape index (κ1) is 25.5. The van der Waals surface area contributed by atoms with Gasteiger partial charge in [-0.25, -0.2) is 4.52 Å². The van der Waals surface area contributed by atoms with Crippen LogP contribution in [0.3, 0.4) is 0 Å². The van der Waals surface area contributed by atoms with E-state index in [1.165, 1.54) is 4.52 Å². The Kier molecular flexibility index (Phi) is 7.16. The lowest BCUT2D eigenvalue weighted by Crippen LogP contribution is -2.35. The van der Waals surface area contributed by atoms with Gasteiger partial charge in [0.15, 0.2) is 5.69 Å². The molecule has 0 unspecified atom stereocenters. The molecule has 5 heterocycles. The van der Waals surface area contributed by atoms with Gasteiger partial charge in [0.05, 0.1) is 47.5 Å². The largest absolute Gasteiger partial charge is 0.378 e. The van der Waals surface area contributed by atoms with Crippen LogP contribution in [0.4, 0.5) is 11.4 Å². The van der Waals surface area contributed by atoms with Crippen molar-refractivity contribution in [3.05, 3.63) is 53.4 Å². The highest BCUT2D eigenvalue weighted by atomic mass is 16.5. The van der Waals surface area contributed by atoms with E-state index >= 15 is 0 Å². The Morgan fingerprint density at radius 3 is 2.84 bits per heavy atom. The number of fused-ring (bicyclic) bond motifs is 1. The van der Waals surface area contributed by atoms with Gasteiger partial charge in [-0.15, -0.1) is 5.10 Å². The molecular formula is C26H30N8O4. The lowest BCUT2D eigenvalue weighted by atomic mass is 10.1. The number of aromatic nitrogens is 5. The summed E-state index contributed by atoms with van der Waals surface area (Å²) in [5.74, 6) is 0.103. The van der Waals surface area contributed by atoms with Crippen molar-refractivity contribution < 1.29 is 18.8 Å². The number of carbonyl (C=O) groups excluding carboxylic acids is 2. The summed E-state index contributed by atoms with van der Waals surface area (Å²) in [5.41, 5.74) is 4.59. The van der Waals surface area contributed by atoms with Crippen LogP contribution in [0, 0.1) is 13.8 Å². The predicted molar refractivity (Wildman–Crippen MR) is 140 cm³/mol. The molecule has 38 heavy (non-hydrogen) atoms. The Morgan fingerprint density at radius 1 is 1.24 bits per heavy atom. The molecule has 4 aromatic rings. The van der Waals surface area contributed by atoms with Crippen molar-refractivity contribution in [2.45, 2.75) is 46.3 Å². The van der Waals surface area contributed by atoms with Crippen molar-refractivity contribution in [1.29, 1.82) is 0 Å². The van der Waals surface area contributed by atoms with Crippen LogP contribution in [-0.2, 0) is 16.1 Å². The lowest BCUT2D eigenvalue weighted by Gasteiger charge is -2.20. The summed E-state index contributed by atoms with van der Waals surface area (Å²) in [4.78, 5) is 32.2. The van der Waals surface area contributed by atoms with Gasteiger partial charge in [-0.05, 0) is 52.3 Å². The van der Waals surface area contributed by atoms with Crippen molar-refractivity contribution in [3.8, 4) is 11.1 Å². The molecule has 4 aromatic heterocycles. The van der Waals surface area contributed by atoms with Crippen molar-refractivity contribution in [1.82, 2.24) is 29.9 Å². The molecular weight excluding hydrogens is 488 g/mol. The summed E-state index contributed by atoms with van der Waals surface area (Å²) in [6, 6.07) is 5.72. The minimum Gasteiger partial charge on any atom is -0.378 e. The number of carbonyl (C=O) groups is 2. The highest BCUT2D eigenvalue weighted by molar-refractivity contribution is 6.08. The van der Waals surface area contributed by atoms with E-state index in [2.05, 4.69) is 42.9 Å². The molecule has 0 saturated carbocycles. The van der Waals surface area contributed by atoms with E-state index < -0.39 is 5.91 Å². The van der Waals surface area contributed by atoms with E-state index in [9.17, 15) is 9.59 Å². The van der Waals surface area contributed by atoms with Gasteiger partial charge in [0.1, 0.15) is 11.5 Å². The van der Waals surface area contributed by atoms with Crippen LogP contribution in [-0.4, -0.2) is 67.9 Å². The number of likely N-dealkylation sites (tertiary alicyclic amines) is 1. The monoisotopic (exact) mass is 518 g/mol. The first-order valence-electron chi connectivity index (χ1n) is 12.5. The van der Waals surface area contributed by atoms with E-state index in [4.69, 9.17) is 9.26 Å². The standard InChI is InChI=1S/C26H30N8O4/c1-15-6-5-9-33(15)13-23(35)28-19-10-20(16(2)27-11-19)29-26(36)25-22-8-7-18(12-34(22)32-30-25)24-17(3)38-31-21(24)14-37-4/h7-8,10-12,15H,5-6,9,13-14H2,1-4H3,(H,28,35)(H,29,36)/t15-/m0/s1. The summed E-state index contributed by atoms with van der Waals surface area (Å²) in [6.07, 6.45) is 5.55. The van der Waals surface area contributed by atoms with E-state index in [1.54, 1.807) is 38.6 Å². The molecule has 0 bridgehead atoms. The zero-order chi connectivity index (χ0) is 26.8. The Bertz CT molecular complexity index is 1490. The quantitative estimate of drug-likeness (QED) is 0.360. The summed E-state index contributed by atoms with van der Waals surface area (Å²) in [6.45, 7) is 7.29. The predicted octanol–water partition coefficient (Wildman–Crippen LogP) is 3.22. The van der Waals surface area contributed by atoms with E-state index in [0.29, 0.717) is 53.2 Å². The molecule has 1 fully saturated rings. The zero-order valence-corrected chi connectivity index (χ0v) is 21.8. The summed E-state index contributed by atoms with van der Waals surface area (Å²) >= 11 is 0. The molecule has 2 amide bonds. The molecule has 0 radical (unpaired) electrons. The van der Waals surface area contributed by atoms with E-state index in [-0.39, 0.29) is 11.6 Å². The SMILES string of the molecule is COCc1noc(C)c1-c1ccc2c(C(=O)Nc3cc(NC(=O)CN4CCC[C@@H]4C)cnc3C)nnn2c1. The third-order valence-electron chi connectivity index (χ3n) is 6.79. The van der Waals surface area contributed by atoms with Gasteiger partial charge in [-0.2, -0.15) is 0 Å². The van der Waals surface area contributed by atoms with Crippen LogP contribution >= 0.6 is 0 Å². The summed E-state index contributed by atoms with van der Waals surface area (Å²) < 4.78 is 12.1. The number of hydrogen-bond donors (Lipinski definition) is 2. The average molecular weight is 519 g/mol. The third-order valence-corrected chi connectivity index (χ3v) is 6.79. The number of nitrogens with zero attached hydrogens (tertiary/aromatic N) is 6. The van der Waals surface area contributed by atoms with Crippen LogP contribution in [0.1, 0.15) is 47.4 Å². The van der Waals surface area contributed by atoms with Crippen molar-refractivity contribution >= 4 is 28.7 Å². The van der Waals surface area contributed by atoms with Crippen molar-refractivity contribution in [2.24, 2.45) is 0 Å². The van der Waals surface area contributed by atoms with Gasteiger partial charge in [0.2, 0.25) is 5.91 Å². The molecule has 0 aliphatic carbocycles. The Morgan fingerprint density at radius 2 is 2.08 bits per heavy atom. The fourth-order valence-corrected chi connectivity index (χ4v) is 4.75. The number of aryl methyl sites for hydroxylation is 2. The zero-order valence-electron chi connectivity index (χ0n) is 21.8. The first-order chi connectivity index (χ1) is 18.3. The Balaban J connectivity index is 1.32. The number of ether oxygens (including phenoxy) is 1. The van der Waals surface area contributed by atoms with Gasteiger partial charge in [0.25, 0.3) is 5.91 Å². The third kappa shape index (κ3) is 5.13. The number of nitrogens with one attached hydrogen (secondary N) is 2. The van der Waals surface area contributed by atoms with Crippen molar-refractivity contribution in [3.63, 3.8) is 0 Å². The lowest BCUT2D eigenvalue weighted by molar-refractivity contribution is -0.117. The number of amides is 2. The second-order valence-electron chi connectivity index (χ2n) is 9.50. The highest BCUT2D eigenvalue weighted by Crippen LogP contribution is 2.28. The van der Waals surface area contributed by atoms with Gasteiger partial charge in [-0.3, -0.25) is 19.5 Å². The summed E-state index contributed by atoms with van der Waals surface area (Å²) in [5, 5.41) is 18.0. The van der Waals surface area contributed by atoms with Crippen molar-refractivity contribution in [2.75, 3.05) is 30.8 Å². The number of methoxy groups -OCH3 is 1. The molecule has 0 aromatic carbocycles. The molecule has 198 valence electrons. The maximum atomic E-state index is 13.2. The fraction of sp³-hybridized carbons (Fsp3) is 0.385. The number of anilines is 2. The maximum absolute atomic E-state index is 13.2. The molecule has 1 aliphatic rings. The average Bonchev–Trinajstić information content (AvgIpc) is 3.59. The molecule has 1 aliphatic heterocycles. The van der Waals surface area contributed by atoms with Gasteiger partial charge >= 0.3 is 0 Å². The molecule has 1 saturated heterocycles. The first-order valence-corrected chi connectivity index (χ1v) is 12.5. The molecule has 12 heteroatoms. The van der Waals surface area contributed by atoms with Gasteiger partial charge in [0, 0.05) is 24.9 Å². The Labute approximate surface area is 219 Å². The molecule has 0 spiro atoms. The molecule has 12 nitrogen and oxygen atoms in total. The topological polar surface area (TPSA) is 140 Å². The minimum absolute atomic E-state index is 0.113. The smallest absolute Gasteiger partial charge is 0.278 e. The highest BCUT2D eigenvalue weighted by Gasteiger charge is 2.23. The minimum atomic E-state index is -0.437. The second-order valence-corrected chi connectivity index (χ2v) is 9.50. The number of pyridine rings is 2. The Hall–Kier alpha value is -4.16. The molecule has 5 rings (SSSR count). The molecule has 1 atom stereocenters. The fourth-order valence-electron chi connectivity index (χ4n) is 4.75. The van der Waals surface area contributed by atoms with Gasteiger partial charge < -0.3 is 19.9 Å².